The van der Waals surface area contributed by atoms with Gasteiger partial charge in [0.2, 0.25) is 11.9 Å². The van der Waals surface area contributed by atoms with Crippen LogP contribution >= 0.6 is 23.2 Å². The van der Waals surface area contributed by atoms with Gasteiger partial charge in [0.05, 0.1) is 48.1 Å². The Hall–Kier alpha value is -4.29. The largest absolute Gasteiger partial charge is 0.495 e. The summed E-state index contributed by atoms with van der Waals surface area (Å²) in [5.74, 6) is 1.46. The molecule has 4 heterocycles. The molecule has 3 aromatic heterocycles. The number of carbonyl (C=O) groups is 1. The second kappa shape index (κ2) is 11.1. The van der Waals surface area contributed by atoms with Crippen LogP contribution < -0.4 is 30.6 Å². The molecule has 40 heavy (non-hydrogen) atoms. The third kappa shape index (κ3) is 4.91. The molecule has 12 nitrogen and oxygen atoms in total. The van der Waals surface area contributed by atoms with Gasteiger partial charge in [0, 0.05) is 49.4 Å². The van der Waals surface area contributed by atoms with Gasteiger partial charge in [0.25, 0.3) is 5.56 Å². The molecule has 1 aromatic carbocycles. The Morgan fingerprint density at radius 3 is 2.50 bits per heavy atom. The quantitative estimate of drug-likeness (QED) is 0.266. The van der Waals surface area contributed by atoms with Gasteiger partial charge in [-0.2, -0.15) is 10.1 Å². The van der Waals surface area contributed by atoms with E-state index in [1.807, 2.05) is 6.07 Å². The molecule has 0 spiro atoms. The monoisotopic (exact) mass is 584 g/mol. The molecule has 3 N–H and O–H groups in total. The molecule has 2 unspecified atom stereocenters. The number of ether oxygens (including phenoxy) is 2. The summed E-state index contributed by atoms with van der Waals surface area (Å²) in [7, 11) is 4.53. The molecule has 1 aliphatic rings. The predicted octanol–water partition coefficient (Wildman–Crippen LogP) is 3.01. The van der Waals surface area contributed by atoms with Crippen molar-refractivity contribution in [3.05, 3.63) is 63.6 Å². The Bertz CT molecular complexity index is 1630. The topological polar surface area (TPSA) is 139 Å². The maximum Gasteiger partial charge on any atom is 0.259 e. The fourth-order valence-corrected chi connectivity index (χ4v) is 5.45. The minimum absolute atomic E-state index is 0.180. The van der Waals surface area contributed by atoms with Crippen LogP contribution in [0.25, 0.3) is 22.2 Å². The average Bonchev–Trinajstić information content (AvgIpc) is 3.62. The highest BCUT2D eigenvalue weighted by molar-refractivity contribution is 6.41. The predicted molar refractivity (Wildman–Crippen MR) is 154 cm³/mol. The standard InChI is InChI=1S/C26H26Cl2N8O4/c1-5-20(37)31-15-11-36(19-6-7-30-34-19)12-16(15)32-26-29-10-13-8-14(25(38)35(2)24(13)33-26)21-22(27)17(39-3)9-18(40-4)23(21)28/h5-10,15-16H,1,11-12H2,2-4H3,(H,30,34)(H,31,37)(H,29,32,33). The first kappa shape index (κ1) is 27.3. The van der Waals surface area contributed by atoms with E-state index in [1.54, 1.807) is 31.6 Å². The third-order valence-corrected chi connectivity index (χ3v) is 7.52. The molecule has 0 radical (unpaired) electrons. The van der Waals surface area contributed by atoms with E-state index < -0.39 is 0 Å². The lowest BCUT2D eigenvalue weighted by Gasteiger charge is -2.20. The summed E-state index contributed by atoms with van der Waals surface area (Å²) in [6.45, 7) is 4.61. The first-order chi connectivity index (χ1) is 19.2. The first-order valence-corrected chi connectivity index (χ1v) is 12.9. The van der Waals surface area contributed by atoms with E-state index in [9.17, 15) is 9.59 Å². The molecular weight excluding hydrogens is 559 g/mol. The number of halogens is 2. The minimum atomic E-state index is -0.376. The van der Waals surface area contributed by atoms with Gasteiger partial charge < -0.3 is 25.0 Å². The molecular formula is C26H26Cl2N8O4. The number of methoxy groups -OCH3 is 2. The van der Waals surface area contributed by atoms with E-state index in [0.717, 1.165) is 5.82 Å². The average molecular weight is 585 g/mol. The fourth-order valence-electron chi connectivity index (χ4n) is 4.74. The molecule has 1 amide bonds. The second-order valence-corrected chi connectivity index (χ2v) is 9.85. The number of aromatic nitrogens is 5. The van der Waals surface area contributed by atoms with Gasteiger partial charge in [-0.3, -0.25) is 19.3 Å². The molecule has 0 bridgehead atoms. The molecule has 0 aliphatic carbocycles. The Balaban J connectivity index is 1.51. The summed E-state index contributed by atoms with van der Waals surface area (Å²) in [6, 6.07) is 4.53. The number of carbonyl (C=O) groups excluding carboxylic acids is 1. The summed E-state index contributed by atoms with van der Waals surface area (Å²) in [4.78, 5) is 36.8. The van der Waals surface area contributed by atoms with Gasteiger partial charge in [0.1, 0.15) is 23.0 Å². The maximum atomic E-state index is 13.5. The van der Waals surface area contributed by atoms with E-state index in [0.29, 0.717) is 41.6 Å². The van der Waals surface area contributed by atoms with Gasteiger partial charge in [0.15, 0.2) is 0 Å². The van der Waals surface area contributed by atoms with Crippen LogP contribution in [0.1, 0.15) is 0 Å². The van der Waals surface area contributed by atoms with Crippen LogP contribution in [0.3, 0.4) is 0 Å². The second-order valence-electron chi connectivity index (χ2n) is 9.10. The molecule has 5 rings (SSSR count). The van der Waals surface area contributed by atoms with Crippen LogP contribution in [0.2, 0.25) is 10.0 Å². The van der Waals surface area contributed by atoms with Crippen molar-refractivity contribution in [2.75, 3.05) is 37.5 Å². The number of rotatable bonds is 8. The molecule has 208 valence electrons. The number of hydrogen-bond acceptors (Lipinski definition) is 9. The fraction of sp³-hybridized carbons (Fsp3) is 0.269. The molecule has 4 aromatic rings. The van der Waals surface area contributed by atoms with Crippen molar-refractivity contribution < 1.29 is 14.3 Å². The van der Waals surface area contributed by atoms with Crippen molar-refractivity contribution in [2.45, 2.75) is 12.1 Å². The number of benzene rings is 1. The Kier molecular flexibility index (Phi) is 7.55. The highest BCUT2D eigenvalue weighted by atomic mass is 35.5. The number of hydrogen-bond donors (Lipinski definition) is 3. The van der Waals surface area contributed by atoms with Gasteiger partial charge in [-0.05, 0) is 12.1 Å². The summed E-state index contributed by atoms with van der Waals surface area (Å²) in [5.41, 5.74) is 0.543. The number of pyridine rings is 1. The Labute approximate surface area is 238 Å². The number of nitrogens with one attached hydrogen (secondary N) is 3. The zero-order valence-electron chi connectivity index (χ0n) is 21.9. The minimum Gasteiger partial charge on any atom is -0.495 e. The smallest absolute Gasteiger partial charge is 0.259 e. The van der Waals surface area contributed by atoms with Crippen LogP contribution in [0.5, 0.6) is 11.5 Å². The highest BCUT2D eigenvalue weighted by Gasteiger charge is 2.35. The normalized spacial score (nSPS) is 16.7. The van der Waals surface area contributed by atoms with Gasteiger partial charge in [-0.15, -0.1) is 0 Å². The van der Waals surface area contributed by atoms with Gasteiger partial charge >= 0.3 is 0 Å². The summed E-state index contributed by atoms with van der Waals surface area (Å²) < 4.78 is 12.1. The number of anilines is 2. The molecule has 0 saturated carbocycles. The van der Waals surface area contributed by atoms with E-state index in [2.05, 4.69) is 42.3 Å². The Morgan fingerprint density at radius 2 is 1.88 bits per heavy atom. The van der Waals surface area contributed by atoms with Crippen LogP contribution in [-0.2, 0) is 11.8 Å². The van der Waals surface area contributed by atoms with Gasteiger partial charge in [-0.25, -0.2) is 4.98 Å². The number of nitrogens with zero attached hydrogens (tertiary/aromatic N) is 5. The summed E-state index contributed by atoms with van der Waals surface area (Å²) >= 11 is 13.2. The van der Waals surface area contributed by atoms with E-state index in [4.69, 9.17) is 32.7 Å². The summed E-state index contributed by atoms with van der Waals surface area (Å²) in [5, 5.41) is 14.2. The van der Waals surface area contributed by atoms with Crippen LogP contribution in [-0.4, -0.2) is 70.0 Å². The van der Waals surface area contributed by atoms with E-state index in [-0.39, 0.29) is 44.7 Å². The zero-order chi connectivity index (χ0) is 28.6. The maximum absolute atomic E-state index is 13.5. The molecule has 1 aliphatic heterocycles. The van der Waals surface area contributed by atoms with Crippen LogP contribution in [0.15, 0.2) is 48.0 Å². The number of aryl methyl sites for hydroxylation is 1. The Morgan fingerprint density at radius 1 is 1.18 bits per heavy atom. The molecule has 14 heteroatoms. The number of fused-ring (bicyclic) bond motifs is 1. The zero-order valence-corrected chi connectivity index (χ0v) is 23.4. The number of H-pyrrole nitrogens is 1. The van der Waals surface area contributed by atoms with Gasteiger partial charge in [-0.1, -0.05) is 29.8 Å². The van der Waals surface area contributed by atoms with Crippen molar-refractivity contribution in [2.24, 2.45) is 7.05 Å². The van der Waals surface area contributed by atoms with Crippen molar-refractivity contribution in [3.63, 3.8) is 0 Å². The lowest BCUT2D eigenvalue weighted by Crippen LogP contribution is -2.45. The van der Waals surface area contributed by atoms with Crippen molar-refractivity contribution in [1.82, 2.24) is 30.0 Å². The molecule has 2 atom stereocenters. The highest BCUT2D eigenvalue weighted by Crippen LogP contribution is 2.45. The SMILES string of the molecule is C=CC(=O)NC1CN(c2ccn[nH]2)CC1Nc1ncc2cc(-c3c(Cl)c(OC)cc(OC)c3Cl)c(=O)n(C)c2n1. The lowest BCUT2D eigenvalue weighted by molar-refractivity contribution is -0.117. The van der Waals surface area contributed by atoms with Crippen molar-refractivity contribution >= 4 is 51.9 Å². The molecule has 1 saturated heterocycles. The number of aromatic amines is 1. The van der Waals surface area contributed by atoms with Crippen LogP contribution in [0.4, 0.5) is 11.8 Å². The molecule has 1 fully saturated rings. The van der Waals surface area contributed by atoms with Crippen molar-refractivity contribution in [1.29, 1.82) is 0 Å². The van der Waals surface area contributed by atoms with E-state index >= 15 is 0 Å². The number of amides is 1. The summed E-state index contributed by atoms with van der Waals surface area (Å²) in [6.07, 6.45) is 4.49. The van der Waals surface area contributed by atoms with E-state index in [1.165, 1.54) is 24.9 Å². The lowest BCUT2D eigenvalue weighted by atomic mass is 10.0. The third-order valence-electron chi connectivity index (χ3n) is 6.77. The van der Waals surface area contributed by atoms with Crippen molar-refractivity contribution in [3.8, 4) is 22.6 Å². The first-order valence-electron chi connectivity index (χ1n) is 12.2. The van der Waals surface area contributed by atoms with Crippen LogP contribution in [0, 0.1) is 0 Å².